The van der Waals surface area contributed by atoms with E-state index in [9.17, 15) is 9.59 Å². The van der Waals surface area contributed by atoms with Crippen LogP contribution in [0.5, 0.6) is 5.75 Å². The predicted molar refractivity (Wildman–Crippen MR) is 122 cm³/mol. The summed E-state index contributed by atoms with van der Waals surface area (Å²) in [6.07, 6.45) is 1.25. The van der Waals surface area contributed by atoms with Crippen molar-refractivity contribution >= 4 is 23.4 Å². The zero-order valence-electron chi connectivity index (χ0n) is 18.6. The van der Waals surface area contributed by atoms with E-state index in [4.69, 9.17) is 9.47 Å². The van der Waals surface area contributed by atoms with E-state index in [1.54, 1.807) is 31.4 Å². The Hall–Kier alpha value is -3.22. The Morgan fingerprint density at radius 2 is 1.58 bits per heavy atom. The molecule has 3 rings (SSSR count). The zero-order valence-corrected chi connectivity index (χ0v) is 18.6. The van der Waals surface area contributed by atoms with Gasteiger partial charge in [0.05, 0.1) is 7.11 Å². The molecule has 0 aromatic heterocycles. The van der Waals surface area contributed by atoms with E-state index < -0.39 is 11.7 Å². The highest BCUT2D eigenvalue weighted by molar-refractivity contribution is 5.95. The predicted octanol–water partition coefficient (Wildman–Crippen LogP) is 4.44. The van der Waals surface area contributed by atoms with Crippen LogP contribution in [0.2, 0.25) is 0 Å². The lowest BCUT2D eigenvalue weighted by molar-refractivity contribution is 0.0635. The van der Waals surface area contributed by atoms with Crippen LogP contribution < -0.4 is 20.3 Å². The number of rotatable bonds is 5. The van der Waals surface area contributed by atoms with Gasteiger partial charge in [-0.2, -0.15) is 0 Å². The van der Waals surface area contributed by atoms with E-state index in [2.05, 4.69) is 27.7 Å². The van der Waals surface area contributed by atoms with Crippen LogP contribution in [-0.4, -0.2) is 43.8 Å². The van der Waals surface area contributed by atoms with Gasteiger partial charge in [-0.15, -0.1) is 0 Å². The van der Waals surface area contributed by atoms with Crippen LogP contribution >= 0.6 is 0 Å². The Labute approximate surface area is 183 Å². The van der Waals surface area contributed by atoms with Crippen LogP contribution in [0, 0.1) is 0 Å². The second-order valence-corrected chi connectivity index (χ2v) is 8.64. The SMILES string of the molecule is COc1ccc(N2CCC(NC(=O)c3ccc(NC(=O)OC(C)(C)C)cc3)CC2)cc1. The molecule has 1 aliphatic rings. The molecule has 2 aromatic rings. The van der Waals surface area contributed by atoms with Gasteiger partial charge in [-0.25, -0.2) is 4.79 Å². The summed E-state index contributed by atoms with van der Waals surface area (Å²) in [5.41, 5.74) is 1.75. The van der Waals surface area contributed by atoms with E-state index in [1.807, 2.05) is 32.9 Å². The highest BCUT2D eigenvalue weighted by Gasteiger charge is 2.22. The molecule has 1 heterocycles. The number of amides is 2. The number of nitrogens with one attached hydrogen (secondary N) is 2. The van der Waals surface area contributed by atoms with Crippen LogP contribution in [0.25, 0.3) is 0 Å². The first kappa shape index (κ1) is 22.5. The van der Waals surface area contributed by atoms with E-state index in [1.165, 1.54) is 5.69 Å². The molecule has 1 aliphatic heterocycles. The van der Waals surface area contributed by atoms with Gasteiger partial charge in [-0.1, -0.05) is 0 Å². The van der Waals surface area contributed by atoms with E-state index >= 15 is 0 Å². The molecular weight excluding hydrogens is 394 g/mol. The molecule has 1 fully saturated rings. The largest absolute Gasteiger partial charge is 0.497 e. The molecule has 0 radical (unpaired) electrons. The van der Waals surface area contributed by atoms with Gasteiger partial charge in [0.25, 0.3) is 5.91 Å². The molecule has 7 heteroatoms. The van der Waals surface area contributed by atoms with Crippen molar-refractivity contribution in [2.75, 3.05) is 30.4 Å². The first-order valence-electron chi connectivity index (χ1n) is 10.5. The minimum atomic E-state index is -0.563. The molecule has 0 spiro atoms. The number of nitrogens with zero attached hydrogens (tertiary/aromatic N) is 1. The van der Waals surface area contributed by atoms with Gasteiger partial charge in [0.15, 0.2) is 0 Å². The fourth-order valence-corrected chi connectivity index (χ4v) is 3.47. The van der Waals surface area contributed by atoms with Gasteiger partial charge < -0.3 is 19.7 Å². The van der Waals surface area contributed by atoms with Crippen molar-refractivity contribution in [1.82, 2.24) is 5.32 Å². The summed E-state index contributed by atoms with van der Waals surface area (Å²) < 4.78 is 10.4. The minimum absolute atomic E-state index is 0.105. The second-order valence-electron chi connectivity index (χ2n) is 8.64. The van der Waals surface area contributed by atoms with Crippen LogP contribution in [-0.2, 0) is 4.74 Å². The maximum atomic E-state index is 12.6. The molecule has 7 nitrogen and oxygen atoms in total. The maximum Gasteiger partial charge on any atom is 0.412 e. The van der Waals surface area contributed by atoms with Gasteiger partial charge in [-0.05, 0) is 82.1 Å². The molecule has 31 heavy (non-hydrogen) atoms. The monoisotopic (exact) mass is 425 g/mol. The molecule has 166 valence electrons. The highest BCUT2D eigenvalue weighted by atomic mass is 16.6. The lowest BCUT2D eigenvalue weighted by Crippen LogP contribution is -2.44. The Morgan fingerprint density at radius 1 is 0.968 bits per heavy atom. The summed E-state index contributed by atoms with van der Waals surface area (Å²) in [6, 6.07) is 15.0. The maximum absolute atomic E-state index is 12.6. The summed E-state index contributed by atoms with van der Waals surface area (Å²) in [4.78, 5) is 26.8. The lowest BCUT2D eigenvalue weighted by atomic mass is 10.0. The number of anilines is 2. The molecule has 0 unspecified atom stereocenters. The number of hydrogen-bond acceptors (Lipinski definition) is 5. The molecule has 2 N–H and O–H groups in total. The molecule has 2 aromatic carbocycles. The van der Waals surface area contributed by atoms with E-state index in [0.29, 0.717) is 11.3 Å². The number of benzene rings is 2. The minimum Gasteiger partial charge on any atom is -0.497 e. The van der Waals surface area contributed by atoms with Crippen LogP contribution in [0.4, 0.5) is 16.2 Å². The second kappa shape index (κ2) is 9.73. The van der Waals surface area contributed by atoms with Crippen LogP contribution in [0.15, 0.2) is 48.5 Å². The van der Waals surface area contributed by atoms with Crippen molar-refractivity contribution in [1.29, 1.82) is 0 Å². The third-order valence-corrected chi connectivity index (χ3v) is 5.06. The number of ether oxygens (including phenoxy) is 2. The summed E-state index contributed by atoms with van der Waals surface area (Å²) >= 11 is 0. The van der Waals surface area contributed by atoms with Crippen molar-refractivity contribution < 1.29 is 19.1 Å². The topological polar surface area (TPSA) is 79.9 Å². The average Bonchev–Trinajstić information content (AvgIpc) is 2.73. The molecule has 1 saturated heterocycles. The van der Waals surface area contributed by atoms with Crippen molar-refractivity contribution in [3.05, 3.63) is 54.1 Å². The Morgan fingerprint density at radius 3 is 2.13 bits per heavy atom. The number of carbonyl (C=O) groups is 2. The molecule has 0 saturated carbocycles. The van der Waals surface area contributed by atoms with Gasteiger partial charge in [-0.3, -0.25) is 10.1 Å². The Balaban J connectivity index is 1.47. The van der Waals surface area contributed by atoms with Crippen molar-refractivity contribution in [2.45, 2.75) is 45.3 Å². The third kappa shape index (κ3) is 6.64. The number of piperidine rings is 1. The Bertz CT molecular complexity index is 881. The number of carbonyl (C=O) groups excluding carboxylic acids is 2. The Kier molecular flexibility index (Phi) is 7.05. The van der Waals surface area contributed by atoms with Gasteiger partial charge in [0.2, 0.25) is 0 Å². The molecule has 0 aliphatic carbocycles. The zero-order chi connectivity index (χ0) is 22.4. The highest BCUT2D eigenvalue weighted by Crippen LogP contribution is 2.23. The van der Waals surface area contributed by atoms with E-state index in [0.717, 1.165) is 31.7 Å². The molecule has 0 bridgehead atoms. The standard InChI is InChI=1S/C24H31N3O4/c1-24(2,3)31-23(29)26-18-7-5-17(6-8-18)22(28)25-19-13-15-27(16-14-19)20-9-11-21(30-4)12-10-20/h5-12,19H,13-16H2,1-4H3,(H,25,28)(H,26,29). The van der Waals surface area contributed by atoms with Gasteiger partial charge >= 0.3 is 6.09 Å². The smallest absolute Gasteiger partial charge is 0.412 e. The van der Waals surface area contributed by atoms with Gasteiger partial charge in [0.1, 0.15) is 11.4 Å². The summed E-state index contributed by atoms with van der Waals surface area (Å²) in [5, 5.41) is 5.79. The normalized spacial score (nSPS) is 14.6. The van der Waals surface area contributed by atoms with Crippen LogP contribution in [0.3, 0.4) is 0 Å². The van der Waals surface area contributed by atoms with Crippen molar-refractivity contribution in [2.24, 2.45) is 0 Å². The fraction of sp³-hybridized carbons (Fsp3) is 0.417. The average molecular weight is 426 g/mol. The van der Waals surface area contributed by atoms with Gasteiger partial charge in [0, 0.05) is 36.1 Å². The summed E-state index contributed by atoms with van der Waals surface area (Å²) in [7, 11) is 1.66. The van der Waals surface area contributed by atoms with Crippen LogP contribution in [0.1, 0.15) is 44.0 Å². The molecular formula is C24H31N3O4. The lowest BCUT2D eigenvalue weighted by Gasteiger charge is -2.34. The summed E-state index contributed by atoms with van der Waals surface area (Å²) in [5.74, 6) is 0.741. The third-order valence-electron chi connectivity index (χ3n) is 5.06. The fourth-order valence-electron chi connectivity index (χ4n) is 3.47. The summed E-state index contributed by atoms with van der Waals surface area (Å²) in [6.45, 7) is 7.19. The first-order valence-corrected chi connectivity index (χ1v) is 10.5. The van der Waals surface area contributed by atoms with E-state index in [-0.39, 0.29) is 11.9 Å². The number of methoxy groups -OCH3 is 1. The first-order chi connectivity index (χ1) is 14.7. The quantitative estimate of drug-likeness (QED) is 0.740. The van der Waals surface area contributed by atoms with Crippen molar-refractivity contribution in [3.63, 3.8) is 0 Å². The van der Waals surface area contributed by atoms with Crippen molar-refractivity contribution in [3.8, 4) is 5.75 Å². The number of hydrogen-bond donors (Lipinski definition) is 2. The molecule has 0 atom stereocenters. The molecule has 2 amide bonds.